The highest BCUT2D eigenvalue weighted by molar-refractivity contribution is 5.83. The van der Waals surface area contributed by atoms with Crippen molar-refractivity contribution in [3.8, 4) is 16.9 Å². The van der Waals surface area contributed by atoms with Crippen LogP contribution in [0.25, 0.3) is 11.1 Å². The monoisotopic (exact) mass is 379 g/mol. The van der Waals surface area contributed by atoms with E-state index >= 15 is 0 Å². The van der Waals surface area contributed by atoms with Gasteiger partial charge in [0, 0.05) is 38.4 Å². The first kappa shape index (κ1) is 18.8. The lowest BCUT2D eigenvalue weighted by Gasteiger charge is -2.35. The molecule has 5 heteroatoms. The topological polar surface area (TPSA) is 44.8 Å². The molecular weight excluding hydrogens is 350 g/mol. The second kappa shape index (κ2) is 8.23. The predicted molar refractivity (Wildman–Crippen MR) is 113 cm³/mol. The van der Waals surface area contributed by atoms with Crippen LogP contribution in [0.2, 0.25) is 0 Å². The third-order valence-electron chi connectivity index (χ3n) is 5.97. The number of carbonyl (C=O) groups is 1. The molecule has 1 amide bonds. The smallest absolute Gasteiger partial charge is 0.239 e. The molecule has 0 aliphatic carbocycles. The molecule has 4 rings (SSSR count). The number of nitrogens with one attached hydrogen (secondary N) is 1. The second-order valence-electron chi connectivity index (χ2n) is 7.81. The number of amides is 1. The van der Waals surface area contributed by atoms with Crippen LogP contribution in [-0.4, -0.2) is 56.7 Å². The number of hydrogen-bond donors (Lipinski definition) is 1. The molecule has 2 saturated heterocycles. The van der Waals surface area contributed by atoms with Crippen molar-refractivity contribution in [1.29, 1.82) is 0 Å². The second-order valence-corrected chi connectivity index (χ2v) is 7.81. The van der Waals surface area contributed by atoms with Crippen molar-refractivity contribution < 1.29 is 9.53 Å². The Kier molecular flexibility index (Phi) is 5.53. The molecule has 2 heterocycles. The Bertz CT molecular complexity index is 830. The number of likely N-dealkylation sites (N-methyl/N-ethyl adjacent to an activating group) is 1. The Morgan fingerprint density at radius 1 is 0.964 bits per heavy atom. The van der Waals surface area contributed by atoms with E-state index in [4.69, 9.17) is 4.74 Å². The molecule has 148 valence electrons. The number of anilines is 1. The Balaban J connectivity index is 1.39. The van der Waals surface area contributed by atoms with Gasteiger partial charge in [0.05, 0.1) is 13.2 Å². The van der Waals surface area contributed by atoms with Gasteiger partial charge < -0.3 is 19.9 Å². The van der Waals surface area contributed by atoms with Gasteiger partial charge in [-0.25, -0.2) is 0 Å². The molecule has 0 aromatic heterocycles. The van der Waals surface area contributed by atoms with Crippen molar-refractivity contribution >= 4 is 11.6 Å². The van der Waals surface area contributed by atoms with Gasteiger partial charge in [-0.1, -0.05) is 24.3 Å². The highest BCUT2D eigenvalue weighted by Crippen LogP contribution is 2.29. The van der Waals surface area contributed by atoms with Crippen LogP contribution in [0.3, 0.4) is 0 Å². The van der Waals surface area contributed by atoms with Gasteiger partial charge in [-0.2, -0.15) is 0 Å². The minimum Gasteiger partial charge on any atom is -0.497 e. The van der Waals surface area contributed by atoms with E-state index in [1.807, 2.05) is 24.1 Å². The molecule has 2 aromatic carbocycles. The van der Waals surface area contributed by atoms with Crippen LogP contribution in [0, 0.1) is 0 Å². The molecule has 28 heavy (non-hydrogen) atoms. The molecule has 5 nitrogen and oxygen atoms in total. The maximum absolute atomic E-state index is 12.1. The van der Waals surface area contributed by atoms with Crippen molar-refractivity contribution in [2.45, 2.75) is 31.3 Å². The fraction of sp³-hybridized carbons (Fsp3) is 0.435. The number of ether oxygens (including phenoxy) is 1. The summed E-state index contributed by atoms with van der Waals surface area (Å²) in [5.41, 5.74) is 3.63. The third kappa shape index (κ3) is 3.99. The highest BCUT2D eigenvalue weighted by atomic mass is 16.5. The van der Waals surface area contributed by atoms with E-state index in [9.17, 15) is 4.79 Å². The Labute approximate surface area is 167 Å². The van der Waals surface area contributed by atoms with E-state index in [1.54, 1.807) is 7.11 Å². The first-order chi connectivity index (χ1) is 13.6. The zero-order valence-corrected chi connectivity index (χ0v) is 16.7. The van der Waals surface area contributed by atoms with Gasteiger partial charge in [-0.05, 0) is 54.7 Å². The minimum atomic E-state index is 0.0120. The van der Waals surface area contributed by atoms with E-state index in [2.05, 4.69) is 46.6 Å². The third-order valence-corrected chi connectivity index (χ3v) is 5.97. The predicted octanol–water partition coefficient (Wildman–Crippen LogP) is 3.15. The summed E-state index contributed by atoms with van der Waals surface area (Å²) < 4.78 is 5.36. The zero-order valence-electron chi connectivity index (χ0n) is 16.7. The van der Waals surface area contributed by atoms with Gasteiger partial charge in [0.25, 0.3) is 0 Å². The summed E-state index contributed by atoms with van der Waals surface area (Å²) in [6.45, 7) is 2.89. The lowest BCUT2D eigenvalue weighted by atomic mass is 10.0. The van der Waals surface area contributed by atoms with Crippen LogP contribution >= 0.6 is 0 Å². The molecule has 0 spiro atoms. The summed E-state index contributed by atoms with van der Waals surface area (Å²) in [6.07, 6.45) is 3.06. The molecular formula is C23H29N3O2. The first-order valence-corrected chi connectivity index (χ1v) is 10.1. The number of piperidine rings is 1. The van der Waals surface area contributed by atoms with Crippen LogP contribution in [0.4, 0.5) is 5.69 Å². The fourth-order valence-electron chi connectivity index (χ4n) is 4.25. The van der Waals surface area contributed by atoms with Crippen LogP contribution < -0.4 is 15.0 Å². The number of carbonyl (C=O) groups excluding carboxylic acids is 1. The fourth-order valence-corrected chi connectivity index (χ4v) is 4.25. The summed E-state index contributed by atoms with van der Waals surface area (Å²) in [4.78, 5) is 16.4. The molecule has 0 radical (unpaired) electrons. The van der Waals surface area contributed by atoms with Gasteiger partial charge in [-0.15, -0.1) is 0 Å². The van der Waals surface area contributed by atoms with Crippen LogP contribution in [0.1, 0.15) is 19.3 Å². The summed E-state index contributed by atoms with van der Waals surface area (Å²) in [5.74, 6) is 1.12. The van der Waals surface area contributed by atoms with Gasteiger partial charge in [0.1, 0.15) is 5.75 Å². The van der Waals surface area contributed by atoms with Crippen molar-refractivity contribution in [2.24, 2.45) is 0 Å². The molecule has 1 unspecified atom stereocenters. The quantitative estimate of drug-likeness (QED) is 0.867. The van der Waals surface area contributed by atoms with Gasteiger partial charge in [0.15, 0.2) is 0 Å². The average molecular weight is 380 g/mol. The lowest BCUT2D eigenvalue weighted by Crippen LogP contribution is -2.48. The molecule has 0 saturated carbocycles. The molecule has 2 aromatic rings. The molecule has 0 bridgehead atoms. The van der Waals surface area contributed by atoms with E-state index in [-0.39, 0.29) is 11.9 Å². The highest BCUT2D eigenvalue weighted by Gasteiger charge is 2.31. The number of benzene rings is 2. The summed E-state index contributed by atoms with van der Waals surface area (Å²) >= 11 is 0. The largest absolute Gasteiger partial charge is 0.497 e. The Morgan fingerprint density at radius 3 is 2.36 bits per heavy atom. The number of nitrogens with zero attached hydrogens (tertiary/aromatic N) is 2. The van der Waals surface area contributed by atoms with E-state index in [0.717, 1.165) is 44.6 Å². The van der Waals surface area contributed by atoms with Gasteiger partial charge >= 0.3 is 0 Å². The van der Waals surface area contributed by atoms with Gasteiger partial charge in [-0.3, -0.25) is 4.79 Å². The standard InChI is InChI=1S/C23H29N3O2/c1-25-12-11-22(23(25)27)24-19-9-13-26(14-10-19)20-7-3-5-17(15-20)18-6-4-8-21(16-18)28-2/h3-8,15-16,19,22,24H,9-14H2,1-2H3. The van der Waals surface area contributed by atoms with Crippen LogP contribution in [0.15, 0.2) is 48.5 Å². The van der Waals surface area contributed by atoms with Crippen molar-refractivity contribution in [3.63, 3.8) is 0 Å². The molecule has 2 aliphatic heterocycles. The SMILES string of the molecule is COc1cccc(-c2cccc(N3CCC(NC4CCN(C)C4=O)CC3)c2)c1. The number of likely N-dealkylation sites (tertiary alicyclic amines) is 1. The summed E-state index contributed by atoms with van der Waals surface area (Å²) in [6, 6.07) is 17.4. The summed E-state index contributed by atoms with van der Waals surface area (Å²) in [5, 5.41) is 3.59. The minimum absolute atomic E-state index is 0.0120. The normalized spacial score (nSPS) is 20.6. The molecule has 2 aliphatic rings. The maximum atomic E-state index is 12.1. The molecule has 2 fully saturated rings. The van der Waals surface area contributed by atoms with Crippen molar-refractivity contribution in [2.75, 3.05) is 38.7 Å². The van der Waals surface area contributed by atoms with E-state index in [1.165, 1.54) is 16.8 Å². The number of methoxy groups -OCH3 is 1. The number of rotatable bonds is 5. The summed E-state index contributed by atoms with van der Waals surface area (Å²) in [7, 11) is 3.59. The van der Waals surface area contributed by atoms with Crippen molar-refractivity contribution in [1.82, 2.24) is 10.2 Å². The number of hydrogen-bond acceptors (Lipinski definition) is 4. The average Bonchev–Trinajstić information content (AvgIpc) is 3.06. The molecule has 1 N–H and O–H groups in total. The van der Waals surface area contributed by atoms with E-state index < -0.39 is 0 Å². The zero-order chi connectivity index (χ0) is 19.5. The van der Waals surface area contributed by atoms with Crippen LogP contribution in [-0.2, 0) is 4.79 Å². The van der Waals surface area contributed by atoms with Crippen molar-refractivity contribution in [3.05, 3.63) is 48.5 Å². The van der Waals surface area contributed by atoms with Gasteiger partial charge in [0.2, 0.25) is 5.91 Å². The molecule has 1 atom stereocenters. The Morgan fingerprint density at radius 2 is 1.68 bits per heavy atom. The maximum Gasteiger partial charge on any atom is 0.239 e. The Hall–Kier alpha value is -2.53. The van der Waals surface area contributed by atoms with Crippen LogP contribution in [0.5, 0.6) is 5.75 Å². The first-order valence-electron chi connectivity index (χ1n) is 10.1. The van der Waals surface area contributed by atoms with E-state index in [0.29, 0.717) is 6.04 Å². The lowest BCUT2D eigenvalue weighted by molar-refractivity contribution is -0.128.